The van der Waals surface area contributed by atoms with Gasteiger partial charge in [0.2, 0.25) is 0 Å². The number of rotatable bonds is 3. The number of hydrogen-bond acceptors (Lipinski definition) is 3. The number of allylic oxidation sites excluding steroid dienone is 1. The minimum Gasteiger partial charge on any atom is -0.267 e. The first-order valence-electron chi connectivity index (χ1n) is 12.4. The van der Waals surface area contributed by atoms with Gasteiger partial charge in [-0.05, 0) is 90.1 Å². The van der Waals surface area contributed by atoms with E-state index < -0.39 is 0 Å². The topological polar surface area (TPSA) is 45.6 Å². The molecule has 37 heavy (non-hydrogen) atoms. The van der Waals surface area contributed by atoms with Crippen LogP contribution < -0.4 is 0 Å². The van der Waals surface area contributed by atoms with Gasteiger partial charge in [-0.25, -0.2) is 5.01 Å². The molecule has 0 saturated heterocycles. The van der Waals surface area contributed by atoms with E-state index in [0.717, 1.165) is 40.6 Å². The van der Waals surface area contributed by atoms with Gasteiger partial charge in [0.1, 0.15) is 0 Å². The zero-order valence-corrected chi connectivity index (χ0v) is 21.8. The highest BCUT2D eigenvalue weighted by Gasteiger charge is 2.45. The van der Waals surface area contributed by atoms with Crippen molar-refractivity contribution in [1.82, 2.24) is 9.99 Å². The van der Waals surface area contributed by atoms with E-state index in [2.05, 4.69) is 18.0 Å². The molecule has 4 nitrogen and oxygen atoms in total. The van der Waals surface area contributed by atoms with Crippen LogP contribution in [-0.2, 0) is 0 Å². The highest BCUT2D eigenvalue weighted by molar-refractivity contribution is 6.30. The summed E-state index contributed by atoms with van der Waals surface area (Å²) in [5.74, 6) is 0.430. The molecule has 2 aliphatic rings. The summed E-state index contributed by atoms with van der Waals surface area (Å²) in [6, 6.07) is 24.9. The third kappa shape index (κ3) is 4.68. The molecule has 184 valence electrons. The lowest BCUT2D eigenvalue weighted by Crippen LogP contribution is -2.33. The normalized spacial score (nSPS) is 22.2. The molecule has 6 rings (SSSR count). The quantitative estimate of drug-likeness (QED) is 0.270. The largest absolute Gasteiger partial charge is 0.274 e. The number of aromatic nitrogens is 1. The first-order valence-corrected chi connectivity index (χ1v) is 13.2. The van der Waals surface area contributed by atoms with Crippen LogP contribution in [0.3, 0.4) is 0 Å². The number of nitrogens with zero attached hydrogens (tertiary/aromatic N) is 3. The number of fused-ring (bicyclic) bond motifs is 2. The Bertz CT molecular complexity index is 1540. The van der Waals surface area contributed by atoms with Gasteiger partial charge in [0.15, 0.2) is 0 Å². The van der Waals surface area contributed by atoms with E-state index in [0.29, 0.717) is 21.5 Å². The molecule has 2 heterocycles. The molecule has 1 aromatic heterocycles. The fourth-order valence-electron chi connectivity index (χ4n) is 5.55. The number of halogens is 2. The van der Waals surface area contributed by atoms with Crippen LogP contribution in [0.25, 0.3) is 17.0 Å². The van der Waals surface area contributed by atoms with Crippen molar-refractivity contribution in [1.29, 1.82) is 0 Å². The molecule has 1 amide bonds. The van der Waals surface area contributed by atoms with Gasteiger partial charge in [0, 0.05) is 33.1 Å². The van der Waals surface area contributed by atoms with Crippen LogP contribution in [0.1, 0.15) is 47.3 Å². The monoisotopic (exact) mass is 525 g/mol. The van der Waals surface area contributed by atoms with E-state index in [1.54, 1.807) is 11.2 Å². The molecule has 0 spiro atoms. The summed E-state index contributed by atoms with van der Waals surface area (Å²) in [5.41, 5.74) is 5.72. The predicted molar refractivity (Wildman–Crippen MR) is 151 cm³/mol. The highest BCUT2D eigenvalue weighted by Crippen LogP contribution is 2.46. The van der Waals surface area contributed by atoms with Gasteiger partial charge in [-0.2, -0.15) is 5.10 Å². The van der Waals surface area contributed by atoms with Gasteiger partial charge in [-0.3, -0.25) is 9.78 Å². The fraction of sp³-hybridized carbons (Fsp3) is 0.194. The molecule has 1 fully saturated rings. The first kappa shape index (κ1) is 23.9. The Hall–Kier alpha value is -3.47. The number of benzene rings is 3. The second kappa shape index (κ2) is 9.77. The second-order valence-corrected chi connectivity index (χ2v) is 10.8. The van der Waals surface area contributed by atoms with Gasteiger partial charge in [0.05, 0.1) is 17.3 Å². The lowest BCUT2D eigenvalue weighted by Gasteiger charge is -2.32. The van der Waals surface area contributed by atoms with Crippen LogP contribution in [0, 0.1) is 11.8 Å². The summed E-state index contributed by atoms with van der Waals surface area (Å²) in [7, 11) is 0. The van der Waals surface area contributed by atoms with Crippen molar-refractivity contribution in [2.24, 2.45) is 16.9 Å². The minimum absolute atomic E-state index is 0.0922. The molecule has 4 aromatic rings. The third-order valence-corrected chi connectivity index (χ3v) is 7.75. The average molecular weight is 526 g/mol. The van der Waals surface area contributed by atoms with E-state index >= 15 is 0 Å². The van der Waals surface area contributed by atoms with Crippen LogP contribution in [-0.4, -0.2) is 21.6 Å². The molecule has 0 N–H and O–H groups in total. The molecular weight excluding hydrogens is 501 g/mol. The second-order valence-electron chi connectivity index (χ2n) is 9.91. The Morgan fingerprint density at radius 1 is 0.973 bits per heavy atom. The number of pyridine rings is 1. The zero-order valence-electron chi connectivity index (χ0n) is 20.3. The first-order chi connectivity index (χ1) is 18.0. The number of carbonyl (C=O) groups excluding carboxylic acids is 1. The lowest BCUT2D eigenvalue weighted by atomic mass is 9.73. The van der Waals surface area contributed by atoms with Crippen LogP contribution in [0.15, 0.2) is 95.7 Å². The number of carbonyl (C=O) groups is 1. The van der Waals surface area contributed by atoms with E-state index in [4.69, 9.17) is 28.3 Å². The summed E-state index contributed by atoms with van der Waals surface area (Å²) in [6.45, 7) is 2.27. The number of hydrogen-bond donors (Lipinski definition) is 0. The van der Waals surface area contributed by atoms with Gasteiger partial charge in [-0.15, -0.1) is 0 Å². The van der Waals surface area contributed by atoms with Crippen molar-refractivity contribution in [2.75, 3.05) is 0 Å². The van der Waals surface area contributed by atoms with E-state index in [-0.39, 0.29) is 17.9 Å². The minimum atomic E-state index is -0.208. The summed E-state index contributed by atoms with van der Waals surface area (Å²) in [6.07, 6.45) is 5.81. The maximum Gasteiger partial charge on any atom is 0.274 e. The molecule has 3 atom stereocenters. The SMILES string of the molecule is C[C@@H]1C/C(=C\c2ccc(Cl)cc2)C2=NN(C(=O)c3ccc4ncccc4c3)[C@H](c3ccc(Cl)cc3)[C@@H]2C1. The zero-order chi connectivity index (χ0) is 25.5. The Morgan fingerprint density at radius 2 is 1.70 bits per heavy atom. The van der Waals surface area contributed by atoms with Crippen molar-refractivity contribution in [3.05, 3.63) is 117 Å². The predicted octanol–water partition coefficient (Wildman–Crippen LogP) is 8.22. The smallest absolute Gasteiger partial charge is 0.267 e. The molecule has 0 unspecified atom stereocenters. The Kier molecular flexibility index (Phi) is 6.31. The van der Waals surface area contributed by atoms with Crippen LogP contribution in [0.5, 0.6) is 0 Å². The molecule has 3 aromatic carbocycles. The molecule has 0 bridgehead atoms. The van der Waals surface area contributed by atoms with Gasteiger partial charge in [-0.1, -0.05) is 60.5 Å². The van der Waals surface area contributed by atoms with E-state index in [1.165, 1.54) is 5.57 Å². The maximum atomic E-state index is 14.0. The molecule has 1 saturated carbocycles. The molecule has 1 aliphatic heterocycles. The van der Waals surface area contributed by atoms with Gasteiger partial charge in [0.25, 0.3) is 5.91 Å². The molecule has 0 radical (unpaired) electrons. The summed E-state index contributed by atoms with van der Waals surface area (Å²) in [4.78, 5) is 18.4. The highest BCUT2D eigenvalue weighted by atomic mass is 35.5. The number of amides is 1. The van der Waals surface area contributed by atoms with Crippen molar-refractivity contribution in [3.8, 4) is 0 Å². The van der Waals surface area contributed by atoms with Gasteiger partial charge < -0.3 is 0 Å². The molecule has 1 aliphatic carbocycles. The molecule has 6 heteroatoms. The lowest BCUT2D eigenvalue weighted by molar-refractivity contribution is 0.0676. The van der Waals surface area contributed by atoms with Crippen molar-refractivity contribution in [3.63, 3.8) is 0 Å². The van der Waals surface area contributed by atoms with Crippen molar-refractivity contribution >= 4 is 51.8 Å². The van der Waals surface area contributed by atoms with Gasteiger partial charge >= 0.3 is 0 Å². The molecular formula is C31H25Cl2N3O. The van der Waals surface area contributed by atoms with Crippen molar-refractivity contribution in [2.45, 2.75) is 25.8 Å². The van der Waals surface area contributed by atoms with E-state index in [9.17, 15) is 4.79 Å². The Labute approximate surface area is 226 Å². The maximum absolute atomic E-state index is 14.0. The van der Waals surface area contributed by atoms with Crippen LogP contribution >= 0.6 is 23.2 Å². The summed E-state index contributed by atoms with van der Waals surface area (Å²) < 4.78 is 0. The standard InChI is InChI=1S/C31H25Cl2N3O/c1-19-15-24(17-20-4-9-25(32)10-5-20)29-27(16-19)30(21-6-11-26(33)12-7-21)36(35-29)31(37)23-8-13-28-22(18-23)3-2-14-34-28/h2-14,17-19,27,30H,15-16H2,1H3/b24-17+/t19-,27-,30-/m1/s1. The van der Waals surface area contributed by atoms with Crippen LogP contribution in [0.2, 0.25) is 10.0 Å². The number of hydrazone groups is 1. The average Bonchev–Trinajstić information content (AvgIpc) is 3.29. The van der Waals surface area contributed by atoms with Crippen molar-refractivity contribution < 1.29 is 4.79 Å². The van der Waals surface area contributed by atoms with E-state index in [1.807, 2.05) is 78.9 Å². The third-order valence-electron chi connectivity index (χ3n) is 7.25. The summed E-state index contributed by atoms with van der Waals surface area (Å²) in [5, 5.41) is 9.03. The van der Waals surface area contributed by atoms with Crippen LogP contribution in [0.4, 0.5) is 0 Å². The Balaban J connectivity index is 1.45. The fourth-order valence-corrected chi connectivity index (χ4v) is 5.80. The summed E-state index contributed by atoms with van der Waals surface area (Å²) >= 11 is 12.3. The Morgan fingerprint density at radius 3 is 2.46 bits per heavy atom.